The smallest absolute Gasteiger partial charge is 0.338 e. The molecule has 6 heteroatoms. The number of anilines is 1. The SMILES string of the molecule is CCOC(=O)c1ccc(-c2ccc(N=Nc3ccc(N(C)C)cc3)cc2F)cc1. The lowest BCUT2D eigenvalue weighted by atomic mass is 10.0. The second kappa shape index (κ2) is 9.10. The summed E-state index contributed by atoms with van der Waals surface area (Å²) in [5.41, 5.74) is 3.70. The van der Waals surface area contributed by atoms with Gasteiger partial charge in [0.15, 0.2) is 0 Å². The molecule has 0 bridgehead atoms. The van der Waals surface area contributed by atoms with Gasteiger partial charge in [-0.1, -0.05) is 12.1 Å². The van der Waals surface area contributed by atoms with Crippen molar-refractivity contribution >= 4 is 23.0 Å². The molecule has 0 spiro atoms. The van der Waals surface area contributed by atoms with Crippen LogP contribution in [0.25, 0.3) is 11.1 Å². The topological polar surface area (TPSA) is 54.3 Å². The molecule has 3 aromatic rings. The number of benzene rings is 3. The van der Waals surface area contributed by atoms with Gasteiger partial charge in [0.05, 0.1) is 23.5 Å². The number of carbonyl (C=O) groups excluding carboxylic acids is 1. The van der Waals surface area contributed by atoms with Crippen molar-refractivity contribution in [3.63, 3.8) is 0 Å². The van der Waals surface area contributed by atoms with Crippen molar-refractivity contribution in [2.45, 2.75) is 6.92 Å². The van der Waals surface area contributed by atoms with E-state index in [0.717, 1.165) is 5.69 Å². The summed E-state index contributed by atoms with van der Waals surface area (Å²) < 4.78 is 19.5. The summed E-state index contributed by atoms with van der Waals surface area (Å²) in [6, 6.07) is 18.9. The fourth-order valence-electron chi connectivity index (χ4n) is 2.73. The van der Waals surface area contributed by atoms with Gasteiger partial charge in [0, 0.05) is 31.4 Å². The second-order valence-electron chi connectivity index (χ2n) is 6.57. The maximum atomic E-state index is 14.6. The zero-order valence-electron chi connectivity index (χ0n) is 16.6. The molecule has 0 aliphatic carbocycles. The van der Waals surface area contributed by atoms with E-state index in [2.05, 4.69) is 10.2 Å². The Labute approximate surface area is 169 Å². The molecule has 0 aliphatic heterocycles. The standard InChI is InChI=1S/C23H22FN3O2/c1-4-29-23(28)17-7-5-16(6-8-17)21-14-11-19(15-22(21)24)26-25-18-9-12-20(13-10-18)27(2)3/h5-15H,4H2,1-3H3. The van der Waals surface area contributed by atoms with Crippen LogP contribution in [0.15, 0.2) is 77.0 Å². The van der Waals surface area contributed by atoms with Crippen molar-refractivity contribution in [1.29, 1.82) is 0 Å². The van der Waals surface area contributed by atoms with E-state index in [-0.39, 0.29) is 0 Å². The molecule has 3 rings (SSSR count). The van der Waals surface area contributed by atoms with Gasteiger partial charge in [0.25, 0.3) is 0 Å². The Bertz CT molecular complexity index is 1010. The van der Waals surface area contributed by atoms with Gasteiger partial charge in [-0.2, -0.15) is 10.2 Å². The average Bonchev–Trinajstić information content (AvgIpc) is 2.73. The minimum Gasteiger partial charge on any atom is -0.462 e. The number of hydrogen-bond acceptors (Lipinski definition) is 5. The van der Waals surface area contributed by atoms with Crippen LogP contribution in [0.5, 0.6) is 0 Å². The van der Waals surface area contributed by atoms with E-state index in [1.165, 1.54) is 6.07 Å². The van der Waals surface area contributed by atoms with E-state index < -0.39 is 11.8 Å². The van der Waals surface area contributed by atoms with Gasteiger partial charge in [0.2, 0.25) is 0 Å². The largest absolute Gasteiger partial charge is 0.462 e. The van der Waals surface area contributed by atoms with E-state index in [4.69, 9.17) is 4.74 Å². The predicted octanol–water partition coefficient (Wildman–Crippen LogP) is 6.15. The highest BCUT2D eigenvalue weighted by atomic mass is 19.1. The lowest BCUT2D eigenvalue weighted by Crippen LogP contribution is -2.07. The first kappa shape index (κ1) is 20.2. The van der Waals surface area contributed by atoms with Crippen molar-refractivity contribution in [3.8, 4) is 11.1 Å². The van der Waals surface area contributed by atoms with E-state index in [0.29, 0.717) is 34.7 Å². The van der Waals surface area contributed by atoms with Gasteiger partial charge in [-0.05, 0) is 61.0 Å². The van der Waals surface area contributed by atoms with Crippen LogP contribution in [-0.4, -0.2) is 26.7 Å². The third kappa shape index (κ3) is 5.04. The Morgan fingerprint density at radius 3 is 2.14 bits per heavy atom. The molecule has 0 heterocycles. The Morgan fingerprint density at radius 1 is 0.931 bits per heavy atom. The summed E-state index contributed by atoms with van der Waals surface area (Å²) >= 11 is 0. The molecule has 5 nitrogen and oxygen atoms in total. The van der Waals surface area contributed by atoms with Crippen LogP contribution in [-0.2, 0) is 4.74 Å². The molecule has 0 atom stereocenters. The number of hydrogen-bond donors (Lipinski definition) is 0. The van der Waals surface area contributed by atoms with Crippen molar-refractivity contribution in [1.82, 2.24) is 0 Å². The molecular formula is C23H22FN3O2. The number of halogens is 1. The van der Waals surface area contributed by atoms with Gasteiger partial charge < -0.3 is 9.64 Å². The first-order chi connectivity index (χ1) is 14.0. The monoisotopic (exact) mass is 391 g/mol. The Hall–Kier alpha value is -3.54. The van der Waals surface area contributed by atoms with Crippen molar-refractivity contribution < 1.29 is 13.9 Å². The number of ether oxygens (including phenoxy) is 1. The van der Waals surface area contributed by atoms with E-state index in [1.807, 2.05) is 43.3 Å². The summed E-state index contributed by atoms with van der Waals surface area (Å²) in [7, 11) is 3.93. The van der Waals surface area contributed by atoms with Crippen LogP contribution in [0.1, 0.15) is 17.3 Å². The number of carbonyl (C=O) groups is 1. The van der Waals surface area contributed by atoms with E-state index >= 15 is 0 Å². The molecule has 148 valence electrons. The van der Waals surface area contributed by atoms with Gasteiger partial charge in [-0.25, -0.2) is 9.18 Å². The highest BCUT2D eigenvalue weighted by Crippen LogP contribution is 2.28. The first-order valence-electron chi connectivity index (χ1n) is 9.24. The molecule has 0 amide bonds. The van der Waals surface area contributed by atoms with E-state index in [1.54, 1.807) is 43.3 Å². The van der Waals surface area contributed by atoms with Gasteiger partial charge in [-0.15, -0.1) is 0 Å². The molecule has 0 saturated carbocycles. The highest BCUT2D eigenvalue weighted by Gasteiger charge is 2.09. The third-order valence-corrected chi connectivity index (χ3v) is 4.31. The molecule has 0 unspecified atom stereocenters. The molecular weight excluding hydrogens is 369 g/mol. The summed E-state index contributed by atoms with van der Waals surface area (Å²) in [5.74, 6) is -0.804. The third-order valence-electron chi connectivity index (χ3n) is 4.31. The minimum absolute atomic E-state index is 0.311. The van der Waals surface area contributed by atoms with Gasteiger partial charge in [0.1, 0.15) is 5.82 Å². The van der Waals surface area contributed by atoms with Crippen molar-refractivity contribution in [2.75, 3.05) is 25.6 Å². The van der Waals surface area contributed by atoms with Crippen molar-refractivity contribution in [3.05, 3.63) is 78.1 Å². The molecule has 29 heavy (non-hydrogen) atoms. The van der Waals surface area contributed by atoms with Gasteiger partial charge >= 0.3 is 5.97 Å². The highest BCUT2D eigenvalue weighted by molar-refractivity contribution is 5.90. The molecule has 0 saturated heterocycles. The normalized spacial score (nSPS) is 10.9. The Kier molecular flexibility index (Phi) is 6.34. The van der Waals surface area contributed by atoms with Crippen LogP contribution in [0.4, 0.5) is 21.5 Å². The van der Waals surface area contributed by atoms with Crippen LogP contribution in [0.3, 0.4) is 0 Å². The average molecular weight is 391 g/mol. The lowest BCUT2D eigenvalue weighted by molar-refractivity contribution is 0.0526. The Balaban J connectivity index is 1.75. The summed E-state index contributed by atoms with van der Waals surface area (Å²) in [4.78, 5) is 13.7. The van der Waals surface area contributed by atoms with Crippen LogP contribution < -0.4 is 4.90 Å². The van der Waals surface area contributed by atoms with Crippen LogP contribution >= 0.6 is 0 Å². The molecule has 0 N–H and O–H groups in total. The number of esters is 1. The maximum Gasteiger partial charge on any atom is 0.338 e. The maximum absolute atomic E-state index is 14.6. The first-order valence-corrected chi connectivity index (χ1v) is 9.24. The summed E-state index contributed by atoms with van der Waals surface area (Å²) in [6.45, 7) is 2.06. The lowest BCUT2D eigenvalue weighted by Gasteiger charge is -2.11. The zero-order valence-corrected chi connectivity index (χ0v) is 16.6. The molecule has 0 radical (unpaired) electrons. The quantitative estimate of drug-likeness (QED) is 0.374. The van der Waals surface area contributed by atoms with Gasteiger partial charge in [-0.3, -0.25) is 0 Å². The Morgan fingerprint density at radius 2 is 1.55 bits per heavy atom. The molecule has 3 aromatic carbocycles. The predicted molar refractivity (Wildman–Crippen MR) is 113 cm³/mol. The fraction of sp³-hybridized carbons (Fsp3) is 0.174. The fourth-order valence-corrected chi connectivity index (χ4v) is 2.73. The molecule has 0 fully saturated rings. The van der Waals surface area contributed by atoms with Crippen LogP contribution in [0, 0.1) is 5.82 Å². The molecule has 0 aliphatic rings. The summed E-state index contributed by atoms with van der Waals surface area (Å²) in [5, 5.41) is 8.27. The number of rotatable bonds is 6. The summed E-state index contributed by atoms with van der Waals surface area (Å²) in [6.07, 6.45) is 0. The zero-order chi connectivity index (χ0) is 20.8. The van der Waals surface area contributed by atoms with E-state index in [9.17, 15) is 9.18 Å². The van der Waals surface area contributed by atoms with Crippen molar-refractivity contribution in [2.24, 2.45) is 10.2 Å². The number of nitrogens with zero attached hydrogens (tertiary/aromatic N) is 3. The van der Waals surface area contributed by atoms with Crippen LogP contribution in [0.2, 0.25) is 0 Å². The second-order valence-corrected chi connectivity index (χ2v) is 6.57. The minimum atomic E-state index is -0.409. The molecule has 0 aromatic heterocycles. The number of azo groups is 1.